The van der Waals surface area contributed by atoms with E-state index in [0.29, 0.717) is 11.6 Å². The molecule has 0 saturated carbocycles. The smallest absolute Gasteiger partial charge is 0.131 e. The molecule has 0 aliphatic carbocycles. The van der Waals surface area contributed by atoms with Crippen LogP contribution in [-0.2, 0) is 7.05 Å². The standard InChI is InChI=1S/C22H23N5O/c1-13(15-6-5-7-17(10-15)28-4)20-21(25-14(2)26-22(20)23)16-11-19-18(24-12-16)8-9-27(19)3/h5-13H,1-4H3,(H2,23,25,26)/t13-/m0/s1. The highest BCUT2D eigenvalue weighted by atomic mass is 16.5. The van der Waals surface area contributed by atoms with Gasteiger partial charge in [-0.1, -0.05) is 19.1 Å². The number of nitrogens with zero attached hydrogens (tertiary/aromatic N) is 4. The van der Waals surface area contributed by atoms with Gasteiger partial charge in [0, 0.05) is 36.5 Å². The van der Waals surface area contributed by atoms with E-state index in [1.165, 1.54) is 0 Å². The minimum atomic E-state index is -0.00481. The van der Waals surface area contributed by atoms with Gasteiger partial charge in [-0.3, -0.25) is 4.98 Å². The average Bonchev–Trinajstić information content (AvgIpc) is 3.07. The van der Waals surface area contributed by atoms with Crippen LogP contribution in [0.1, 0.15) is 29.8 Å². The molecule has 142 valence electrons. The molecule has 28 heavy (non-hydrogen) atoms. The summed E-state index contributed by atoms with van der Waals surface area (Å²) in [5, 5.41) is 0. The van der Waals surface area contributed by atoms with Crippen molar-refractivity contribution in [1.82, 2.24) is 19.5 Å². The first-order valence-corrected chi connectivity index (χ1v) is 9.17. The average molecular weight is 373 g/mol. The zero-order valence-electron chi connectivity index (χ0n) is 16.5. The van der Waals surface area contributed by atoms with Gasteiger partial charge in [-0.15, -0.1) is 0 Å². The first-order chi connectivity index (χ1) is 13.5. The number of anilines is 1. The molecule has 0 spiro atoms. The van der Waals surface area contributed by atoms with Crippen LogP contribution in [0.3, 0.4) is 0 Å². The van der Waals surface area contributed by atoms with Gasteiger partial charge < -0.3 is 15.0 Å². The molecule has 4 aromatic rings. The van der Waals surface area contributed by atoms with Crippen molar-refractivity contribution in [3.05, 3.63) is 65.7 Å². The fourth-order valence-corrected chi connectivity index (χ4v) is 3.59. The zero-order chi connectivity index (χ0) is 19.8. The summed E-state index contributed by atoms with van der Waals surface area (Å²) in [5.41, 5.74) is 12.1. The number of ether oxygens (including phenoxy) is 1. The van der Waals surface area contributed by atoms with Crippen LogP contribution < -0.4 is 10.5 Å². The van der Waals surface area contributed by atoms with Gasteiger partial charge in [-0.05, 0) is 36.8 Å². The summed E-state index contributed by atoms with van der Waals surface area (Å²) in [6.45, 7) is 3.96. The molecule has 0 aliphatic rings. The van der Waals surface area contributed by atoms with Crippen LogP contribution in [0, 0.1) is 6.92 Å². The third-order valence-electron chi connectivity index (χ3n) is 5.12. The summed E-state index contributed by atoms with van der Waals surface area (Å²) >= 11 is 0. The number of aromatic nitrogens is 4. The van der Waals surface area contributed by atoms with E-state index < -0.39 is 0 Å². The predicted octanol–water partition coefficient (Wildman–Crippen LogP) is 4.08. The molecule has 0 fully saturated rings. The van der Waals surface area contributed by atoms with Crippen LogP contribution in [0.4, 0.5) is 5.82 Å². The van der Waals surface area contributed by atoms with Crippen molar-refractivity contribution >= 4 is 16.9 Å². The number of aryl methyl sites for hydroxylation is 2. The van der Waals surface area contributed by atoms with E-state index in [1.54, 1.807) is 7.11 Å². The number of rotatable bonds is 4. The fourth-order valence-electron chi connectivity index (χ4n) is 3.59. The molecule has 6 nitrogen and oxygen atoms in total. The molecule has 0 saturated heterocycles. The number of pyridine rings is 1. The Balaban J connectivity index is 1.90. The van der Waals surface area contributed by atoms with Gasteiger partial charge in [0.05, 0.1) is 23.8 Å². The third kappa shape index (κ3) is 3.07. The lowest BCUT2D eigenvalue weighted by atomic mass is 9.90. The lowest BCUT2D eigenvalue weighted by Gasteiger charge is -2.19. The van der Waals surface area contributed by atoms with Crippen LogP contribution in [0.5, 0.6) is 5.75 Å². The maximum absolute atomic E-state index is 6.38. The van der Waals surface area contributed by atoms with Crippen molar-refractivity contribution in [1.29, 1.82) is 0 Å². The Morgan fingerprint density at radius 2 is 1.96 bits per heavy atom. The summed E-state index contributed by atoms with van der Waals surface area (Å²) in [6.07, 6.45) is 3.85. The Labute approximate surface area is 164 Å². The SMILES string of the molecule is COc1cccc([C@H](C)c2c(N)nc(C)nc2-c2cnc3ccn(C)c3c2)c1. The van der Waals surface area contributed by atoms with Crippen LogP contribution in [0.25, 0.3) is 22.3 Å². The first-order valence-electron chi connectivity index (χ1n) is 9.17. The van der Waals surface area contributed by atoms with Crippen LogP contribution in [0.2, 0.25) is 0 Å². The van der Waals surface area contributed by atoms with Gasteiger partial charge in [0.25, 0.3) is 0 Å². The van der Waals surface area contributed by atoms with E-state index in [4.69, 9.17) is 15.5 Å². The van der Waals surface area contributed by atoms with E-state index in [9.17, 15) is 0 Å². The molecule has 1 atom stereocenters. The first kappa shape index (κ1) is 18.0. The number of hydrogen-bond acceptors (Lipinski definition) is 5. The molecule has 4 rings (SSSR count). The monoisotopic (exact) mass is 373 g/mol. The van der Waals surface area contributed by atoms with Gasteiger partial charge in [-0.25, -0.2) is 9.97 Å². The maximum Gasteiger partial charge on any atom is 0.131 e. The minimum Gasteiger partial charge on any atom is -0.497 e. The number of nitrogen functional groups attached to an aromatic ring is 1. The van der Waals surface area contributed by atoms with Crippen LogP contribution in [-0.4, -0.2) is 26.6 Å². The molecule has 0 unspecified atom stereocenters. The quantitative estimate of drug-likeness (QED) is 0.583. The Kier molecular flexibility index (Phi) is 4.47. The van der Waals surface area contributed by atoms with Gasteiger partial charge >= 0.3 is 0 Å². The van der Waals surface area contributed by atoms with Crippen molar-refractivity contribution in [2.75, 3.05) is 12.8 Å². The second-order valence-corrected chi connectivity index (χ2v) is 6.97. The van der Waals surface area contributed by atoms with Crippen molar-refractivity contribution in [2.45, 2.75) is 19.8 Å². The molecule has 0 radical (unpaired) electrons. The zero-order valence-corrected chi connectivity index (χ0v) is 16.5. The number of nitrogens with two attached hydrogens (primary N) is 1. The highest BCUT2D eigenvalue weighted by Gasteiger charge is 2.21. The molecule has 0 amide bonds. The second kappa shape index (κ2) is 6.96. The molecule has 0 aliphatic heterocycles. The molecule has 1 aromatic carbocycles. The molecule has 0 bridgehead atoms. The molecular formula is C22H23N5O. The minimum absolute atomic E-state index is 0.00481. The van der Waals surface area contributed by atoms with E-state index in [1.807, 2.05) is 55.2 Å². The Hall–Kier alpha value is -3.41. The topological polar surface area (TPSA) is 78.8 Å². The predicted molar refractivity (Wildman–Crippen MR) is 111 cm³/mol. The third-order valence-corrected chi connectivity index (χ3v) is 5.12. The molecule has 3 aromatic heterocycles. The van der Waals surface area contributed by atoms with Crippen molar-refractivity contribution < 1.29 is 4.74 Å². The second-order valence-electron chi connectivity index (χ2n) is 6.97. The Bertz CT molecular complexity index is 1170. The molecule has 6 heteroatoms. The Morgan fingerprint density at radius 1 is 1.14 bits per heavy atom. The van der Waals surface area contributed by atoms with E-state index >= 15 is 0 Å². The van der Waals surface area contributed by atoms with Gasteiger partial charge in [0.1, 0.15) is 17.4 Å². The maximum atomic E-state index is 6.38. The highest BCUT2D eigenvalue weighted by Crippen LogP contribution is 2.36. The largest absolute Gasteiger partial charge is 0.497 e. The van der Waals surface area contributed by atoms with Crippen LogP contribution >= 0.6 is 0 Å². The van der Waals surface area contributed by atoms with E-state index in [-0.39, 0.29) is 5.92 Å². The lowest BCUT2D eigenvalue weighted by molar-refractivity contribution is 0.414. The van der Waals surface area contributed by atoms with Gasteiger partial charge in [0.2, 0.25) is 0 Å². The van der Waals surface area contributed by atoms with E-state index in [2.05, 4.69) is 29.0 Å². The number of benzene rings is 1. The summed E-state index contributed by atoms with van der Waals surface area (Å²) in [7, 11) is 3.67. The number of hydrogen-bond donors (Lipinski definition) is 1. The van der Waals surface area contributed by atoms with Crippen molar-refractivity contribution in [3.63, 3.8) is 0 Å². The Morgan fingerprint density at radius 3 is 2.75 bits per heavy atom. The summed E-state index contributed by atoms with van der Waals surface area (Å²) in [5.74, 6) is 1.94. The highest BCUT2D eigenvalue weighted by molar-refractivity contribution is 5.82. The van der Waals surface area contributed by atoms with Crippen molar-refractivity contribution in [2.24, 2.45) is 7.05 Å². The van der Waals surface area contributed by atoms with Gasteiger partial charge in [-0.2, -0.15) is 0 Å². The normalized spacial score (nSPS) is 12.3. The number of fused-ring (bicyclic) bond motifs is 1. The number of methoxy groups -OCH3 is 1. The summed E-state index contributed by atoms with van der Waals surface area (Å²) in [4.78, 5) is 13.8. The molecule has 2 N–H and O–H groups in total. The summed E-state index contributed by atoms with van der Waals surface area (Å²) < 4.78 is 7.43. The van der Waals surface area contributed by atoms with Crippen molar-refractivity contribution in [3.8, 4) is 17.0 Å². The molecule has 3 heterocycles. The van der Waals surface area contributed by atoms with Gasteiger partial charge in [0.15, 0.2) is 0 Å². The fraction of sp³-hybridized carbons (Fsp3) is 0.227. The summed E-state index contributed by atoms with van der Waals surface area (Å²) in [6, 6.07) is 12.1. The van der Waals surface area contributed by atoms with E-state index in [0.717, 1.165) is 39.2 Å². The lowest BCUT2D eigenvalue weighted by Crippen LogP contribution is -2.09. The molecular weight excluding hydrogens is 350 g/mol. The van der Waals surface area contributed by atoms with Crippen LogP contribution in [0.15, 0.2) is 48.8 Å².